The summed E-state index contributed by atoms with van der Waals surface area (Å²) in [5, 5.41) is 11.9. The first-order valence-electron chi connectivity index (χ1n) is 8.17. The van der Waals surface area contributed by atoms with Gasteiger partial charge in [0.1, 0.15) is 12.4 Å². The van der Waals surface area contributed by atoms with Gasteiger partial charge in [0.05, 0.1) is 30.7 Å². The summed E-state index contributed by atoms with van der Waals surface area (Å²) in [4.78, 5) is 12.8. The van der Waals surface area contributed by atoms with E-state index in [1.54, 1.807) is 23.1 Å². The van der Waals surface area contributed by atoms with Gasteiger partial charge in [0.2, 0.25) is 0 Å². The monoisotopic (exact) mass is 375 g/mol. The van der Waals surface area contributed by atoms with Crippen LogP contribution >= 0.6 is 23.1 Å². The van der Waals surface area contributed by atoms with Crippen LogP contribution in [0.15, 0.2) is 16.5 Å². The molecule has 1 saturated heterocycles. The van der Waals surface area contributed by atoms with Gasteiger partial charge in [-0.05, 0) is 19.9 Å². The molecule has 0 radical (unpaired) electrons. The van der Waals surface area contributed by atoms with Crippen molar-refractivity contribution in [1.82, 2.24) is 9.97 Å². The smallest absolute Gasteiger partial charge is 0.150 e. The van der Waals surface area contributed by atoms with E-state index in [2.05, 4.69) is 39.2 Å². The first-order chi connectivity index (χ1) is 12.2. The topological polar surface area (TPSA) is 74.1 Å². The largest absolute Gasteiger partial charge is 0.378 e. The Bertz CT molecular complexity index is 745. The second-order valence-electron chi connectivity index (χ2n) is 5.72. The molecule has 1 N–H and O–H groups in total. The summed E-state index contributed by atoms with van der Waals surface area (Å²) in [6, 6.07) is 6.24. The van der Waals surface area contributed by atoms with Crippen molar-refractivity contribution in [1.29, 1.82) is 5.26 Å². The SMILES string of the molecule is Cc1nc(SCc2cc(N3CCOCC3)cc(NCC#N)n2)sc1C. The number of pyridine rings is 1. The maximum Gasteiger partial charge on any atom is 0.150 e. The van der Waals surface area contributed by atoms with E-state index in [1.165, 1.54) is 4.88 Å². The summed E-state index contributed by atoms with van der Waals surface area (Å²) in [7, 11) is 0. The molecule has 2 aromatic heterocycles. The van der Waals surface area contributed by atoms with Crippen molar-refractivity contribution in [2.75, 3.05) is 43.1 Å². The second kappa shape index (κ2) is 8.52. The number of aromatic nitrogens is 2. The van der Waals surface area contributed by atoms with Crippen LogP contribution in [0.4, 0.5) is 11.5 Å². The number of hydrogen-bond donors (Lipinski definition) is 1. The molecule has 0 amide bonds. The molecule has 132 valence electrons. The van der Waals surface area contributed by atoms with Crippen LogP contribution in [-0.4, -0.2) is 42.8 Å². The maximum atomic E-state index is 8.82. The molecule has 0 atom stereocenters. The highest BCUT2D eigenvalue weighted by atomic mass is 32.2. The zero-order chi connectivity index (χ0) is 17.6. The lowest BCUT2D eigenvalue weighted by molar-refractivity contribution is 0.122. The number of nitriles is 1. The molecule has 1 aliphatic rings. The standard InChI is InChI=1S/C17H21N5OS2/c1-12-13(2)25-17(20-12)24-11-14-9-15(22-5-7-23-8-6-22)10-16(21-14)19-4-3-18/h9-10H,4-8,11H2,1-2H3,(H,19,21). The van der Waals surface area contributed by atoms with Gasteiger partial charge in [-0.15, -0.1) is 11.3 Å². The van der Waals surface area contributed by atoms with Crippen molar-refractivity contribution in [2.45, 2.75) is 23.9 Å². The number of aryl methyl sites for hydroxylation is 2. The van der Waals surface area contributed by atoms with Crippen molar-refractivity contribution < 1.29 is 4.74 Å². The number of morpholine rings is 1. The minimum absolute atomic E-state index is 0.247. The Labute approximate surface area is 156 Å². The van der Waals surface area contributed by atoms with Crippen molar-refractivity contribution >= 4 is 34.6 Å². The lowest BCUT2D eigenvalue weighted by Gasteiger charge is -2.29. The lowest BCUT2D eigenvalue weighted by Crippen LogP contribution is -2.36. The molecule has 3 heterocycles. The molecule has 0 aliphatic carbocycles. The Hall–Kier alpha value is -1.82. The van der Waals surface area contributed by atoms with Gasteiger partial charge in [-0.3, -0.25) is 0 Å². The zero-order valence-corrected chi connectivity index (χ0v) is 16.0. The van der Waals surface area contributed by atoms with Gasteiger partial charge in [0.15, 0.2) is 4.34 Å². The minimum Gasteiger partial charge on any atom is -0.378 e. The van der Waals surface area contributed by atoms with Crippen LogP contribution in [0, 0.1) is 25.2 Å². The first kappa shape index (κ1) is 18.0. The first-order valence-corrected chi connectivity index (χ1v) is 9.97. The van der Waals surface area contributed by atoms with Gasteiger partial charge in [-0.25, -0.2) is 9.97 Å². The average Bonchev–Trinajstić information content (AvgIpc) is 2.97. The summed E-state index contributed by atoms with van der Waals surface area (Å²) in [6.07, 6.45) is 0. The van der Waals surface area contributed by atoms with Crippen molar-refractivity contribution in [3.8, 4) is 6.07 Å². The van der Waals surface area contributed by atoms with Gasteiger partial charge in [-0.2, -0.15) is 5.26 Å². The molecular formula is C17H21N5OS2. The summed E-state index contributed by atoms with van der Waals surface area (Å²) in [6.45, 7) is 7.61. The van der Waals surface area contributed by atoms with Gasteiger partial charge in [0, 0.05) is 35.5 Å². The molecular weight excluding hydrogens is 354 g/mol. The van der Waals surface area contributed by atoms with Crippen LogP contribution in [0.3, 0.4) is 0 Å². The number of thiazole rings is 1. The highest BCUT2D eigenvalue weighted by molar-refractivity contribution is 8.00. The van der Waals surface area contributed by atoms with E-state index in [4.69, 9.17) is 10.00 Å². The van der Waals surface area contributed by atoms with Crippen LogP contribution in [-0.2, 0) is 10.5 Å². The van der Waals surface area contributed by atoms with Gasteiger partial charge >= 0.3 is 0 Å². The Morgan fingerprint density at radius 3 is 2.80 bits per heavy atom. The maximum absolute atomic E-state index is 8.82. The third-order valence-corrected chi connectivity index (χ3v) is 6.19. The van der Waals surface area contributed by atoms with E-state index in [0.717, 1.165) is 59.3 Å². The summed E-state index contributed by atoms with van der Waals surface area (Å²) in [5.41, 5.74) is 3.21. The fourth-order valence-corrected chi connectivity index (χ4v) is 4.56. The molecule has 25 heavy (non-hydrogen) atoms. The van der Waals surface area contributed by atoms with E-state index in [9.17, 15) is 0 Å². The number of thioether (sulfide) groups is 1. The van der Waals surface area contributed by atoms with Crippen LogP contribution < -0.4 is 10.2 Å². The Morgan fingerprint density at radius 1 is 1.32 bits per heavy atom. The van der Waals surface area contributed by atoms with Gasteiger partial charge in [0.25, 0.3) is 0 Å². The molecule has 0 saturated carbocycles. The number of anilines is 2. The molecule has 0 bridgehead atoms. The highest BCUT2D eigenvalue weighted by Gasteiger charge is 2.14. The Balaban J connectivity index is 1.77. The summed E-state index contributed by atoms with van der Waals surface area (Å²) < 4.78 is 6.51. The molecule has 2 aromatic rings. The molecule has 3 rings (SSSR count). The van der Waals surface area contributed by atoms with E-state index >= 15 is 0 Å². The van der Waals surface area contributed by atoms with E-state index in [1.807, 2.05) is 13.0 Å². The van der Waals surface area contributed by atoms with Crippen LogP contribution in [0.1, 0.15) is 16.3 Å². The number of ether oxygens (including phenoxy) is 1. The predicted octanol–water partition coefficient (Wildman–Crippen LogP) is 3.22. The second-order valence-corrected chi connectivity index (χ2v) is 8.15. The van der Waals surface area contributed by atoms with Crippen molar-refractivity contribution in [3.05, 3.63) is 28.4 Å². The zero-order valence-electron chi connectivity index (χ0n) is 14.4. The molecule has 1 fully saturated rings. The fraction of sp³-hybridized carbons (Fsp3) is 0.471. The molecule has 6 nitrogen and oxygen atoms in total. The van der Waals surface area contributed by atoms with Crippen molar-refractivity contribution in [2.24, 2.45) is 0 Å². The van der Waals surface area contributed by atoms with Gasteiger partial charge in [-0.1, -0.05) is 11.8 Å². The van der Waals surface area contributed by atoms with Crippen LogP contribution in [0.5, 0.6) is 0 Å². The average molecular weight is 376 g/mol. The molecule has 0 spiro atoms. The van der Waals surface area contributed by atoms with E-state index < -0.39 is 0 Å². The molecule has 0 unspecified atom stereocenters. The minimum atomic E-state index is 0.247. The lowest BCUT2D eigenvalue weighted by atomic mass is 10.2. The van der Waals surface area contributed by atoms with Crippen LogP contribution in [0.2, 0.25) is 0 Å². The number of rotatable bonds is 6. The summed E-state index contributed by atoms with van der Waals surface area (Å²) in [5.74, 6) is 1.50. The number of nitrogens with zero attached hydrogens (tertiary/aromatic N) is 4. The van der Waals surface area contributed by atoms with E-state index in [-0.39, 0.29) is 6.54 Å². The summed E-state index contributed by atoms with van der Waals surface area (Å²) >= 11 is 3.43. The third kappa shape index (κ3) is 4.84. The fourth-order valence-electron chi connectivity index (χ4n) is 2.51. The molecule has 1 aliphatic heterocycles. The van der Waals surface area contributed by atoms with Crippen molar-refractivity contribution in [3.63, 3.8) is 0 Å². The van der Waals surface area contributed by atoms with Gasteiger partial charge < -0.3 is 15.0 Å². The number of nitrogens with one attached hydrogen (secondary N) is 1. The van der Waals surface area contributed by atoms with E-state index in [0.29, 0.717) is 0 Å². The molecule has 0 aromatic carbocycles. The normalized spacial score (nSPS) is 14.4. The number of hydrogen-bond acceptors (Lipinski definition) is 8. The Kier molecular flexibility index (Phi) is 6.13. The predicted molar refractivity (Wildman–Crippen MR) is 103 cm³/mol. The quantitative estimate of drug-likeness (QED) is 0.614. The van der Waals surface area contributed by atoms with Crippen LogP contribution in [0.25, 0.3) is 0 Å². The highest BCUT2D eigenvalue weighted by Crippen LogP contribution is 2.30. The molecule has 8 heteroatoms. The third-order valence-electron chi connectivity index (χ3n) is 3.94. The Morgan fingerprint density at radius 2 is 2.12 bits per heavy atom.